The molecule has 0 aliphatic carbocycles. The van der Waals surface area contributed by atoms with Crippen LogP contribution in [0.5, 0.6) is 0 Å². The van der Waals surface area contributed by atoms with E-state index in [0.717, 1.165) is 33.3 Å². The number of carbonyl (C=O) groups is 4. The fourth-order valence-corrected chi connectivity index (χ4v) is 14.9. The Morgan fingerprint density at radius 1 is 0.431 bits per heavy atom. The summed E-state index contributed by atoms with van der Waals surface area (Å²) in [5.41, 5.74) is 8.15. The molecule has 0 saturated heterocycles. The van der Waals surface area contributed by atoms with Crippen molar-refractivity contribution in [3.05, 3.63) is 404 Å². The number of halogens is 8. The van der Waals surface area contributed by atoms with Crippen LogP contribution in [0.4, 0.5) is 4.39 Å². The Kier molecular flexibility index (Phi) is 26.0. The molecule has 15 nitrogen and oxygen atoms in total. The highest BCUT2D eigenvalue weighted by Crippen LogP contribution is 2.38. The van der Waals surface area contributed by atoms with E-state index < -0.39 is 45.4 Å². The molecule has 0 bridgehead atoms. The lowest BCUT2D eigenvalue weighted by atomic mass is 9.94. The Morgan fingerprint density at radius 2 is 0.836 bits per heavy atom. The van der Waals surface area contributed by atoms with E-state index in [1.165, 1.54) is 48.0 Å². The average molecular weight is 1730 g/mol. The fourth-order valence-electron chi connectivity index (χ4n) is 12.6. The molecule has 8 aromatic heterocycles. The maximum absolute atomic E-state index is 13.4. The summed E-state index contributed by atoms with van der Waals surface area (Å²) in [7, 11) is 0. The third-order valence-corrected chi connectivity index (χ3v) is 20.6. The summed E-state index contributed by atoms with van der Waals surface area (Å²) in [5.74, 6) is 2.88. The lowest BCUT2D eigenvalue weighted by Crippen LogP contribution is -2.20. The molecule has 0 spiro atoms. The first-order valence-electron chi connectivity index (χ1n) is 35.0. The molecular formula is C92H55BrCl6FN7O8S. The minimum absolute atomic E-state index is 0.00822. The molecule has 24 heteroatoms. The second-order valence-electron chi connectivity index (χ2n) is 25.6. The third-order valence-electron chi connectivity index (χ3n) is 17.7. The van der Waals surface area contributed by atoms with Gasteiger partial charge in [-0.25, -0.2) is 9.37 Å². The molecule has 0 atom stereocenters. The molecule has 16 aromatic rings. The highest BCUT2D eigenvalue weighted by Gasteiger charge is 2.26. The first kappa shape index (κ1) is 81.4. The zero-order valence-corrected chi connectivity index (χ0v) is 67.2. The average Bonchev–Trinajstić information content (AvgIpc) is 0.807. The topological polar surface area (TPSA) is 238 Å². The number of ketones is 4. The number of aromatic amines is 4. The van der Waals surface area contributed by atoms with Crippen molar-refractivity contribution in [1.29, 1.82) is 0 Å². The zero-order valence-electron chi connectivity index (χ0n) is 60.3. The van der Waals surface area contributed by atoms with Gasteiger partial charge in [0.05, 0.1) is 36.7 Å². The third kappa shape index (κ3) is 19.4. The van der Waals surface area contributed by atoms with Crippen molar-refractivity contribution in [1.82, 2.24) is 34.9 Å². The molecule has 0 radical (unpaired) electrons. The molecule has 8 heterocycles. The van der Waals surface area contributed by atoms with E-state index in [2.05, 4.69) is 62.7 Å². The molecule has 116 heavy (non-hydrogen) atoms. The van der Waals surface area contributed by atoms with E-state index in [0.29, 0.717) is 118 Å². The number of H-pyrrole nitrogens is 4. The van der Waals surface area contributed by atoms with Crippen LogP contribution < -0.4 is 22.2 Å². The number of benzene rings is 8. The van der Waals surface area contributed by atoms with Gasteiger partial charge in [-0.3, -0.25) is 48.3 Å². The van der Waals surface area contributed by atoms with Crippen LogP contribution in [0.15, 0.2) is 297 Å². The number of nitrogens with one attached hydrogen (secondary N) is 4. The number of carbonyl (C=O) groups excluding carboxylic acids is 4. The zero-order chi connectivity index (χ0) is 81.7. The SMILES string of the molecule is Cc1ccnc(C#CC(=O)c2c(-c3ccccc3)c3cc(Cl)ccc3[nH]c2=O)c1.O=C(/C(Br)=C\c1cncc(F)c1)c1c(-c2ccccc2)c2cc(Cl)ccc2[nH]c1=O.O=C(/C=C/c1ccc(Cl)s1)c1c(-c2ccccc2)c2cc(Cl)ccc2[nH]c1=O.O=C(/C=C/c1cncc(Cl)c1)c1c(-c2ccccc2)c2cc(Cl)ccc2[nH]c1=O. The standard InChI is InChI=1S/C24H15ClN2O2.C23H13BrClFN2O2.C23H14Cl2N2O2.C22H13Cl2NO2S/c1-15-11-12-26-18(13-15)8-10-21(28)23-22(16-5-3-2-4-6-16)19-14-17(25)7-9-20(19)27-24(23)29;24-18(9-13-8-16(26)12-27-11-13)22(29)21-20(14-4-2-1-3-5-14)17-10-15(25)6-7-19(17)28-23(21)30;24-16-7-8-19-18(11-16)21(15-4-2-1-3-5-15)22(23(29)27-19)20(28)9-6-14-10-17(25)13-26-12-14;23-14-6-9-17-16(12-14)20(13-4-2-1-3-5-13)21(22(27)25-17)18(26)10-7-15-8-11-19(24)28-15/h2-7,9,11-14H,1H3,(H,27,29);1-12H,(H,28,30);1-13H,(H,27,29);1-12H,(H,25,27)/b;18-9+;9-6+;10-7+. The fraction of sp³-hybridized carbons (Fsp3) is 0.0109. The Hall–Kier alpha value is -12.6. The van der Waals surface area contributed by atoms with Gasteiger partial charge in [0.1, 0.15) is 17.1 Å². The minimum Gasteiger partial charge on any atom is -0.321 e. The van der Waals surface area contributed by atoms with Crippen molar-refractivity contribution in [3.63, 3.8) is 0 Å². The molecule has 0 amide bonds. The largest absolute Gasteiger partial charge is 0.321 e. The second kappa shape index (κ2) is 37.1. The van der Waals surface area contributed by atoms with Gasteiger partial charge in [0.2, 0.25) is 11.6 Å². The minimum atomic E-state index is -0.574. The van der Waals surface area contributed by atoms with Crippen molar-refractivity contribution < 1.29 is 23.6 Å². The summed E-state index contributed by atoms with van der Waals surface area (Å²) < 4.78 is 14.2. The lowest BCUT2D eigenvalue weighted by molar-refractivity contribution is 0.103. The number of pyridine rings is 7. The van der Waals surface area contributed by atoms with Gasteiger partial charge in [-0.1, -0.05) is 191 Å². The van der Waals surface area contributed by atoms with E-state index in [1.54, 1.807) is 116 Å². The maximum Gasteiger partial charge on any atom is 0.261 e. The van der Waals surface area contributed by atoms with Crippen LogP contribution in [0.25, 0.3) is 106 Å². The van der Waals surface area contributed by atoms with Gasteiger partial charge in [0, 0.05) is 116 Å². The number of Topliss-reactive ketones (excluding diaryl/α,β-unsaturated/α-hetero) is 2. The Balaban J connectivity index is 0.000000135. The highest BCUT2D eigenvalue weighted by atomic mass is 79.9. The van der Waals surface area contributed by atoms with E-state index in [1.807, 2.05) is 140 Å². The summed E-state index contributed by atoms with van der Waals surface area (Å²) in [6, 6.07) is 67.8. The highest BCUT2D eigenvalue weighted by molar-refractivity contribution is 9.12. The monoisotopic (exact) mass is 1730 g/mol. The van der Waals surface area contributed by atoms with Gasteiger partial charge in [0.25, 0.3) is 22.2 Å². The van der Waals surface area contributed by atoms with Gasteiger partial charge < -0.3 is 19.9 Å². The molecule has 568 valence electrons. The molecule has 0 aliphatic heterocycles. The number of rotatable bonds is 14. The molecule has 16 rings (SSSR count). The lowest BCUT2D eigenvalue weighted by Gasteiger charge is -2.12. The molecule has 0 fully saturated rings. The first-order valence-corrected chi connectivity index (χ1v) is 38.9. The number of nitrogens with zero attached hydrogens (tertiary/aromatic N) is 3. The van der Waals surface area contributed by atoms with E-state index in [4.69, 9.17) is 69.6 Å². The number of hydrogen-bond acceptors (Lipinski definition) is 12. The predicted molar refractivity (Wildman–Crippen MR) is 471 cm³/mol. The normalized spacial score (nSPS) is 11.2. The number of aryl methyl sites for hydroxylation is 1. The molecule has 8 aromatic carbocycles. The Labute approximate surface area is 702 Å². The predicted octanol–water partition coefficient (Wildman–Crippen LogP) is 23.0. The van der Waals surface area contributed by atoms with E-state index in [9.17, 15) is 42.7 Å². The summed E-state index contributed by atoms with van der Waals surface area (Å²) >= 11 is 41.2. The van der Waals surface area contributed by atoms with Gasteiger partial charge in [0.15, 0.2) is 11.6 Å². The number of hydrogen-bond donors (Lipinski definition) is 4. The van der Waals surface area contributed by atoms with E-state index in [-0.39, 0.29) is 32.5 Å². The van der Waals surface area contributed by atoms with Crippen LogP contribution in [0.1, 0.15) is 68.7 Å². The molecule has 0 aliphatic rings. The van der Waals surface area contributed by atoms with E-state index >= 15 is 0 Å². The molecule has 0 saturated carbocycles. The maximum atomic E-state index is 13.4. The van der Waals surface area contributed by atoms with Crippen LogP contribution >= 0.6 is 96.9 Å². The van der Waals surface area contributed by atoms with Gasteiger partial charge in [-0.2, -0.15) is 0 Å². The van der Waals surface area contributed by atoms with Crippen LogP contribution in [0.2, 0.25) is 29.4 Å². The molecule has 4 N–H and O–H groups in total. The van der Waals surface area contributed by atoms with Gasteiger partial charge in [-0.15, -0.1) is 11.3 Å². The quantitative estimate of drug-likeness (QED) is 0.0454. The first-order chi connectivity index (χ1) is 56.0. The van der Waals surface area contributed by atoms with Crippen LogP contribution in [-0.2, 0) is 0 Å². The van der Waals surface area contributed by atoms with Crippen molar-refractivity contribution in [3.8, 4) is 56.3 Å². The summed E-state index contributed by atoms with van der Waals surface area (Å²) in [5, 5.41) is 5.23. The summed E-state index contributed by atoms with van der Waals surface area (Å²) in [6.07, 6.45) is 14.6. The summed E-state index contributed by atoms with van der Waals surface area (Å²) in [4.78, 5) is 128. The van der Waals surface area contributed by atoms with Gasteiger partial charge >= 0.3 is 0 Å². The Bertz CT molecular complexity index is 6990. The second-order valence-corrected chi connectivity index (χ2v) is 30.4. The Morgan fingerprint density at radius 3 is 1.26 bits per heavy atom. The van der Waals surface area contributed by atoms with Crippen LogP contribution in [0, 0.1) is 24.6 Å². The molecular weight excluding hydrogens is 1670 g/mol. The number of aromatic nitrogens is 7. The number of allylic oxidation sites excluding steroid dienone is 3. The smallest absolute Gasteiger partial charge is 0.261 e. The molecule has 0 unspecified atom stereocenters. The number of fused-ring (bicyclic) bond motifs is 4. The van der Waals surface area contributed by atoms with Crippen molar-refractivity contribution >= 4 is 182 Å². The summed E-state index contributed by atoms with van der Waals surface area (Å²) in [6.45, 7) is 1.92. The number of thiophene rings is 1. The van der Waals surface area contributed by atoms with Crippen LogP contribution in [-0.4, -0.2) is 58.0 Å². The van der Waals surface area contributed by atoms with Crippen LogP contribution in [0.3, 0.4) is 0 Å². The van der Waals surface area contributed by atoms with Gasteiger partial charge in [-0.05, 0) is 213 Å². The van der Waals surface area contributed by atoms with Crippen molar-refractivity contribution in [2.75, 3.05) is 0 Å². The van der Waals surface area contributed by atoms with Crippen molar-refractivity contribution in [2.45, 2.75) is 6.92 Å². The van der Waals surface area contributed by atoms with Crippen molar-refractivity contribution in [2.24, 2.45) is 0 Å².